The Morgan fingerprint density at radius 2 is 1.94 bits per heavy atom. The fourth-order valence-electron chi connectivity index (χ4n) is 1.85. The van der Waals surface area contributed by atoms with Gasteiger partial charge in [0.1, 0.15) is 0 Å². The van der Waals surface area contributed by atoms with Gasteiger partial charge in [0.05, 0.1) is 16.4 Å². The van der Waals surface area contributed by atoms with Crippen molar-refractivity contribution in [3.05, 3.63) is 42.7 Å². The Hall–Kier alpha value is -1.29. The highest BCUT2D eigenvalue weighted by Gasteiger charge is 2.25. The fraction of sp³-hybridized carbons (Fsp3) is 0.429. The summed E-state index contributed by atoms with van der Waals surface area (Å²) in [6.45, 7) is 2.04. The van der Waals surface area contributed by atoms with Gasteiger partial charge in [0.15, 0.2) is 9.84 Å². The zero-order chi connectivity index (χ0) is 13.4. The zero-order valence-electron chi connectivity index (χ0n) is 10.6. The Balaban J connectivity index is 2.95. The van der Waals surface area contributed by atoms with E-state index in [1.54, 1.807) is 30.3 Å². The largest absolute Gasteiger partial charge is 0.516 e. The van der Waals surface area contributed by atoms with Crippen molar-refractivity contribution in [1.29, 1.82) is 0 Å². The van der Waals surface area contributed by atoms with Gasteiger partial charge >= 0.3 is 0 Å². The molecule has 0 saturated heterocycles. The van der Waals surface area contributed by atoms with Gasteiger partial charge in [0.25, 0.3) is 0 Å². The number of rotatable bonds is 7. The molecule has 0 amide bonds. The zero-order valence-corrected chi connectivity index (χ0v) is 11.4. The molecule has 0 spiro atoms. The summed E-state index contributed by atoms with van der Waals surface area (Å²) in [6, 6.07) is 8.50. The lowest BCUT2D eigenvalue weighted by atomic mass is 10.1. The number of aliphatic hydroxyl groups is 1. The number of hydrogen-bond acceptors (Lipinski definition) is 3. The Bertz CT molecular complexity index is 463. The minimum absolute atomic E-state index is 0.355. The molecule has 0 aliphatic heterocycles. The number of allylic oxidation sites excluding steroid dienone is 1. The summed E-state index contributed by atoms with van der Waals surface area (Å²) in [4.78, 5) is 0.359. The van der Waals surface area contributed by atoms with Crippen LogP contribution >= 0.6 is 0 Å². The Morgan fingerprint density at radius 3 is 2.50 bits per heavy atom. The topological polar surface area (TPSA) is 54.4 Å². The first-order valence-electron chi connectivity index (χ1n) is 6.21. The summed E-state index contributed by atoms with van der Waals surface area (Å²) >= 11 is 0. The average Bonchev–Trinajstić information content (AvgIpc) is 2.39. The normalized spacial score (nSPS) is 13.8. The van der Waals surface area contributed by atoms with E-state index in [1.807, 2.05) is 6.92 Å². The molecule has 0 aromatic heterocycles. The van der Waals surface area contributed by atoms with Crippen LogP contribution in [0.2, 0.25) is 0 Å². The third kappa shape index (κ3) is 3.88. The van der Waals surface area contributed by atoms with Gasteiger partial charge in [-0.3, -0.25) is 0 Å². The summed E-state index contributed by atoms with van der Waals surface area (Å²) < 4.78 is 24.9. The molecule has 1 N–H and O–H groups in total. The number of hydrogen-bond donors (Lipinski definition) is 1. The minimum atomic E-state index is -3.31. The van der Waals surface area contributed by atoms with Gasteiger partial charge in [0, 0.05) is 0 Å². The Labute approximate surface area is 109 Å². The van der Waals surface area contributed by atoms with Crippen LogP contribution in [-0.2, 0) is 9.84 Å². The molecule has 1 aromatic carbocycles. The Kier molecular flexibility index (Phi) is 5.92. The van der Waals surface area contributed by atoms with Gasteiger partial charge in [0.2, 0.25) is 0 Å². The maximum Gasteiger partial charge on any atom is 0.181 e. The molecule has 0 heterocycles. The van der Waals surface area contributed by atoms with E-state index < -0.39 is 15.1 Å². The molecule has 1 rings (SSSR count). The van der Waals surface area contributed by atoms with Crippen molar-refractivity contribution in [2.24, 2.45) is 0 Å². The molecule has 1 atom stereocenters. The van der Waals surface area contributed by atoms with Crippen LogP contribution in [0.3, 0.4) is 0 Å². The van der Waals surface area contributed by atoms with E-state index in [9.17, 15) is 8.42 Å². The van der Waals surface area contributed by atoms with Crippen LogP contribution in [0.4, 0.5) is 0 Å². The third-order valence-corrected chi connectivity index (χ3v) is 5.13. The molecule has 100 valence electrons. The highest BCUT2D eigenvalue weighted by molar-refractivity contribution is 7.92. The summed E-state index contributed by atoms with van der Waals surface area (Å²) in [7, 11) is -3.31. The molecule has 1 aromatic rings. The van der Waals surface area contributed by atoms with Gasteiger partial charge in [-0.15, -0.1) is 0 Å². The summed E-state index contributed by atoms with van der Waals surface area (Å²) in [5.41, 5.74) is 0. The van der Waals surface area contributed by atoms with E-state index in [4.69, 9.17) is 5.11 Å². The lowest BCUT2D eigenvalue weighted by Crippen LogP contribution is -2.21. The average molecular weight is 268 g/mol. The van der Waals surface area contributed by atoms with Crippen molar-refractivity contribution < 1.29 is 13.5 Å². The lowest BCUT2D eigenvalue weighted by molar-refractivity contribution is 0.469. The van der Waals surface area contributed by atoms with E-state index in [0.29, 0.717) is 17.7 Å². The fourth-order valence-corrected chi connectivity index (χ4v) is 3.61. The predicted octanol–water partition coefficient (Wildman–Crippen LogP) is 3.48. The second-order valence-corrected chi connectivity index (χ2v) is 6.47. The first-order valence-corrected chi connectivity index (χ1v) is 7.75. The molecule has 0 aliphatic rings. The number of benzene rings is 1. The summed E-state index contributed by atoms with van der Waals surface area (Å²) in [6.07, 6.45) is 5.23. The van der Waals surface area contributed by atoms with Gasteiger partial charge in [-0.05, 0) is 31.1 Å². The van der Waals surface area contributed by atoms with Crippen LogP contribution in [0, 0.1) is 0 Å². The van der Waals surface area contributed by atoms with Crippen molar-refractivity contribution >= 4 is 9.84 Å². The predicted molar refractivity (Wildman–Crippen MR) is 73.3 cm³/mol. The minimum Gasteiger partial charge on any atom is -0.516 e. The van der Waals surface area contributed by atoms with Crippen LogP contribution in [0.1, 0.15) is 32.6 Å². The smallest absolute Gasteiger partial charge is 0.181 e. The molecule has 0 aliphatic carbocycles. The summed E-state index contributed by atoms with van der Waals surface area (Å²) in [5.74, 6) is 0. The van der Waals surface area contributed by atoms with Crippen LogP contribution in [-0.4, -0.2) is 18.8 Å². The maximum absolute atomic E-state index is 12.4. The van der Waals surface area contributed by atoms with E-state index in [-0.39, 0.29) is 0 Å². The van der Waals surface area contributed by atoms with Crippen LogP contribution in [0.25, 0.3) is 0 Å². The summed E-state index contributed by atoms with van der Waals surface area (Å²) in [5, 5.41) is 8.25. The molecular weight excluding hydrogens is 248 g/mol. The number of aliphatic hydroxyl groups excluding tert-OH is 1. The van der Waals surface area contributed by atoms with Crippen LogP contribution in [0.5, 0.6) is 0 Å². The van der Waals surface area contributed by atoms with E-state index in [0.717, 1.165) is 19.1 Å². The van der Waals surface area contributed by atoms with Crippen molar-refractivity contribution in [1.82, 2.24) is 0 Å². The van der Waals surface area contributed by atoms with Crippen molar-refractivity contribution in [2.75, 3.05) is 0 Å². The van der Waals surface area contributed by atoms with Crippen molar-refractivity contribution in [3.63, 3.8) is 0 Å². The van der Waals surface area contributed by atoms with E-state index in [2.05, 4.69) is 0 Å². The van der Waals surface area contributed by atoms with Crippen molar-refractivity contribution in [3.8, 4) is 0 Å². The highest BCUT2D eigenvalue weighted by atomic mass is 32.2. The second-order valence-electron chi connectivity index (χ2n) is 4.24. The number of unbranched alkanes of at least 4 members (excludes halogenated alkanes) is 1. The molecule has 0 bridgehead atoms. The second kappa shape index (κ2) is 7.21. The standard InChI is InChI=1S/C14H20O3S/c1-2-3-8-13(11-7-12-15)18(16,17)14-9-5-4-6-10-14/h4-7,9-10,12-13,15H,2-3,8,11H2,1H3. The third-order valence-electron chi connectivity index (χ3n) is 2.89. The van der Waals surface area contributed by atoms with Gasteiger partial charge in [-0.2, -0.15) is 0 Å². The molecule has 3 nitrogen and oxygen atoms in total. The number of sulfone groups is 1. The molecule has 4 heteroatoms. The van der Waals surface area contributed by atoms with Gasteiger partial charge < -0.3 is 5.11 Å². The van der Waals surface area contributed by atoms with Crippen molar-refractivity contribution in [2.45, 2.75) is 42.8 Å². The molecule has 18 heavy (non-hydrogen) atoms. The molecule has 0 radical (unpaired) electrons. The van der Waals surface area contributed by atoms with Crippen LogP contribution in [0.15, 0.2) is 47.6 Å². The van der Waals surface area contributed by atoms with E-state index in [1.165, 1.54) is 6.08 Å². The van der Waals surface area contributed by atoms with Gasteiger partial charge in [-0.1, -0.05) is 38.0 Å². The molecular formula is C14H20O3S. The molecule has 0 saturated carbocycles. The monoisotopic (exact) mass is 268 g/mol. The quantitative estimate of drug-likeness (QED) is 0.770. The first-order chi connectivity index (χ1) is 8.62. The Morgan fingerprint density at radius 1 is 1.28 bits per heavy atom. The SMILES string of the molecule is CCCCC(CC=CO)S(=O)(=O)c1ccccc1. The molecule has 0 fully saturated rings. The highest BCUT2D eigenvalue weighted by Crippen LogP contribution is 2.22. The molecule has 1 unspecified atom stereocenters. The maximum atomic E-state index is 12.4. The van der Waals surface area contributed by atoms with E-state index >= 15 is 0 Å². The lowest BCUT2D eigenvalue weighted by Gasteiger charge is -2.15. The first kappa shape index (κ1) is 14.8. The van der Waals surface area contributed by atoms with Gasteiger partial charge in [-0.25, -0.2) is 8.42 Å². The van der Waals surface area contributed by atoms with Crippen LogP contribution < -0.4 is 0 Å².